The van der Waals surface area contributed by atoms with Gasteiger partial charge in [-0.05, 0) is 31.2 Å². The van der Waals surface area contributed by atoms with Crippen molar-refractivity contribution in [2.45, 2.75) is 32.7 Å². The van der Waals surface area contributed by atoms with Crippen LogP contribution in [0.15, 0.2) is 29.2 Å². The van der Waals surface area contributed by atoms with Crippen LogP contribution in [-0.2, 0) is 24.2 Å². The molecule has 1 N–H and O–H groups in total. The molecule has 0 fully saturated rings. The summed E-state index contributed by atoms with van der Waals surface area (Å²) in [4.78, 5) is 29.3. The van der Waals surface area contributed by atoms with E-state index in [1.54, 1.807) is 29.7 Å². The Bertz CT molecular complexity index is 720. The van der Waals surface area contributed by atoms with E-state index in [4.69, 9.17) is 0 Å². The molecule has 0 saturated carbocycles. The summed E-state index contributed by atoms with van der Waals surface area (Å²) in [7, 11) is 0. The number of amides is 1. The first-order valence-corrected chi connectivity index (χ1v) is 7.87. The van der Waals surface area contributed by atoms with Gasteiger partial charge in [-0.3, -0.25) is 9.59 Å². The number of rotatable bonds is 3. The van der Waals surface area contributed by atoms with E-state index in [1.807, 2.05) is 0 Å². The molecule has 5 nitrogen and oxygen atoms in total. The number of aryl methyl sites for hydroxylation is 1. The average molecular weight is 303 g/mol. The fourth-order valence-corrected chi connectivity index (χ4v) is 3.69. The topological polar surface area (TPSA) is 64.0 Å². The number of nitrogens with one attached hydrogen (secondary N) is 1. The summed E-state index contributed by atoms with van der Waals surface area (Å²) in [5.74, 6) is 0.465. The summed E-state index contributed by atoms with van der Waals surface area (Å²) in [6.45, 7) is 2.25. The van der Waals surface area contributed by atoms with Gasteiger partial charge in [0.25, 0.3) is 5.56 Å². The lowest BCUT2D eigenvalue weighted by Crippen LogP contribution is -2.26. The van der Waals surface area contributed by atoms with Gasteiger partial charge in [-0.25, -0.2) is 4.98 Å². The Hall–Kier alpha value is -1.95. The maximum Gasteiger partial charge on any atom is 0.250 e. The van der Waals surface area contributed by atoms with Gasteiger partial charge in [0.15, 0.2) is 5.13 Å². The molecule has 1 atom stereocenters. The van der Waals surface area contributed by atoms with E-state index in [9.17, 15) is 9.59 Å². The molecule has 6 heteroatoms. The summed E-state index contributed by atoms with van der Waals surface area (Å²) >= 11 is 1.55. The van der Waals surface area contributed by atoms with E-state index >= 15 is 0 Å². The second kappa shape index (κ2) is 5.81. The van der Waals surface area contributed by atoms with Crippen LogP contribution in [0.3, 0.4) is 0 Å². The molecule has 0 radical (unpaired) electrons. The predicted molar refractivity (Wildman–Crippen MR) is 82.6 cm³/mol. The van der Waals surface area contributed by atoms with E-state index in [-0.39, 0.29) is 18.0 Å². The number of carbonyl (C=O) groups is 1. The van der Waals surface area contributed by atoms with Gasteiger partial charge in [-0.1, -0.05) is 13.0 Å². The van der Waals surface area contributed by atoms with Crippen LogP contribution in [0, 0.1) is 5.92 Å². The van der Waals surface area contributed by atoms with Gasteiger partial charge in [0.2, 0.25) is 5.91 Å². The number of hydrogen-bond donors (Lipinski definition) is 1. The zero-order chi connectivity index (χ0) is 14.8. The first-order valence-electron chi connectivity index (χ1n) is 7.05. The molecule has 1 aliphatic carbocycles. The highest BCUT2D eigenvalue weighted by Crippen LogP contribution is 2.31. The third-order valence-electron chi connectivity index (χ3n) is 3.65. The minimum atomic E-state index is -0.220. The Morgan fingerprint density at radius 2 is 2.38 bits per heavy atom. The molecule has 1 amide bonds. The zero-order valence-corrected chi connectivity index (χ0v) is 12.7. The van der Waals surface area contributed by atoms with E-state index in [0.29, 0.717) is 11.0 Å². The first kappa shape index (κ1) is 14.0. The van der Waals surface area contributed by atoms with Crippen LogP contribution in [0.1, 0.15) is 23.9 Å². The Balaban J connectivity index is 1.68. The predicted octanol–water partition coefficient (Wildman–Crippen LogP) is 2.07. The highest BCUT2D eigenvalue weighted by Gasteiger charge is 2.20. The van der Waals surface area contributed by atoms with Gasteiger partial charge in [0.05, 0.1) is 5.69 Å². The summed E-state index contributed by atoms with van der Waals surface area (Å²) in [5, 5.41) is 3.44. The molecule has 110 valence electrons. The number of fused-ring (bicyclic) bond motifs is 1. The van der Waals surface area contributed by atoms with Crippen molar-refractivity contribution < 1.29 is 4.79 Å². The normalized spacial score (nSPS) is 17.3. The lowest BCUT2D eigenvalue weighted by molar-refractivity contribution is -0.116. The third-order valence-corrected chi connectivity index (χ3v) is 4.68. The molecule has 0 aromatic carbocycles. The SMILES string of the molecule is CC1CCc2nc(NC(=O)Cn3ccccc3=O)sc2C1. The molecular weight excluding hydrogens is 286 g/mol. The quantitative estimate of drug-likeness (QED) is 0.944. The number of nitrogens with zero attached hydrogens (tertiary/aromatic N) is 2. The minimum Gasteiger partial charge on any atom is -0.306 e. The summed E-state index contributed by atoms with van der Waals surface area (Å²) in [5.41, 5.74) is 0.935. The number of pyridine rings is 1. The van der Waals surface area contributed by atoms with Crippen molar-refractivity contribution in [3.05, 3.63) is 45.3 Å². The van der Waals surface area contributed by atoms with E-state index < -0.39 is 0 Å². The van der Waals surface area contributed by atoms with E-state index in [0.717, 1.165) is 25.0 Å². The number of aromatic nitrogens is 2. The number of carbonyl (C=O) groups excluding carboxylic acids is 1. The number of thiazole rings is 1. The van der Waals surface area contributed by atoms with Crippen molar-refractivity contribution in [3.63, 3.8) is 0 Å². The molecule has 0 spiro atoms. The van der Waals surface area contributed by atoms with Crippen LogP contribution >= 0.6 is 11.3 Å². The van der Waals surface area contributed by atoms with Crippen molar-refractivity contribution in [3.8, 4) is 0 Å². The van der Waals surface area contributed by atoms with E-state index in [1.165, 1.54) is 15.5 Å². The first-order chi connectivity index (χ1) is 10.1. The van der Waals surface area contributed by atoms with Crippen LogP contribution in [0.2, 0.25) is 0 Å². The second-order valence-electron chi connectivity index (χ2n) is 5.45. The fraction of sp³-hybridized carbons (Fsp3) is 0.400. The average Bonchev–Trinajstić information content (AvgIpc) is 2.82. The monoisotopic (exact) mass is 303 g/mol. The Kier molecular flexibility index (Phi) is 3.88. The maximum absolute atomic E-state index is 12.0. The van der Waals surface area contributed by atoms with Crippen molar-refractivity contribution in [1.82, 2.24) is 9.55 Å². The van der Waals surface area contributed by atoms with Gasteiger partial charge >= 0.3 is 0 Å². The van der Waals surface area contributed by atoms with Crippen LogP contribution in [0.4, 0.5) is 5.13 Å². The molecule has 3 rings (SSSR count). The lowest BCUT2D eigenvalue weighted by Gasteiger charge is -2.15. The summed E-state index contributed by atoms with van der Waals surface area (Å²) in [6, 6.07) is 4.84. The molecule has 0 saturated heterocycles. The Morgan fingerprint density at radius 1 is 1.52 bits per heavy atom. The van der Waals surface area contributed by atoms with Gasteiger partial charge < -0.3 is 9.88 Å². The van der Waals surface area contributed by atoms with Crippen LogP contribution < -0.4 is 10.9 Å². The van der Waals surface area contributed by atoms with Crippen LogP contribution in [0.25, 0.3) is 0 Å². The number of anilines is 1. The smallest absolute Gasteiger partial charge is 0.250 e. The Morgan fingerprint density at radius 3 is 3.19 bits per heavy atom. The fourth-order valence-electron chi connectivity index (χ4n) is 2.50. The zero-order valence-electron chi connectivity index (χ0n) is 11.8. The van der Waals surface area contributed by atoms with Crippen LogP contribution in [0.5, 0.6) is 0 Å². The molecule has 0 aliphatic heterocycles. The molecule has 2 heterocycles. The van der Waals surface area contributed by atoms with E-state index in [2.05, 4.69) is 17.2 Å². The minimum absolute atomic E-state index is 0.0142. The van der Waals surface area contributed by atoms with Gasteiger partial charge in [0.1, 0.15) is 6.54 Å². The molecular formula is C15H17N3O2S. The second-order valence-corrected chi connectivity index (χ2v) is 6.54. The highest BCUT2D eigenvalue weighted by atomic mass is 32.1. The molecule has 1 unspecified atom stereocenters. The largest absolute Gasteiger partial charge is 0.306 e. The van der Waals surface area contributed by atoms with Gasteiger partial charge in [0, 0.05) is 17.1 Å². The maximum atomic E-state index is 12.0. The van der Waals surface area contributed by atoms with Crippen molar-refractivity contribution in [2.75, 3.05) is 5.32 Å². The molecule has 21 heavy (non-hydrogen) atoms. The standard InChI is InChI=1S/C15H17N3O2S/c1-10-5-6-11-12(8-10)21-15(16-11)17-13(19)9-18-7-3-2-4-14(18)20/h2-4,7,10H,5-6,8-9H2,1H3,(H,16,17,19). The molecule has 0 bridgehead atoms. The van der Waals surface area contributed by atoms with Crippen LogP contribution in [-0.4, -0.2) is 15.5 Å². The molecule has 2 aromatic rings. The molecule has 1 aliphatic rings. The van der Waals surface area contributed by atoms with Gasteiger partial charge in [-0.2, -0.15) is 0 Å². The Labute approximate surface area is 126 Å². The summed E-state index contributed by atoms with van der Waals surface area (Å²) in [6.07, 6.45) is 4.79. The highest BCUT2D eigenvalue weighted by molar-refractivity contribution is 7.15. The van der Waals surface area contributed by atoms with Gasteiger partial charge in [-0.15, -0.1) is 11.3 Å². The van der Waals surface area contributed by atoms with Crippen molar-refractivity contribution in [1.29, 1.82) is 0 Å². The van der Waals surface area contributed by atoms with Crippen molar-refractivity contribution in [2.24, 2.45) is 5.92 Å². The third kappa shape index (κ3) is 3.21. The summed E-state index contributed by atoms with van der Waals surface area (Å²) < 4.78 is 1.38. The lowest BCUT2D eigenvalue weighted by atomic mass is 9.93. The molecule has 2 aromatic heterocycles. The van der Waals surface area contributed by atoms with Crippen molar-refractivity contribution >= 4 is 22.4 Å². The number of hydrogen-bond acceptors (Lipinski definition) is 4.